The molecule has 0 amide bonds. The maximum absolute atomic E-state index is 12.9. The molecule has 33 heavy (non-hydrogen) atoms. The smallest absolute Gasteiger partial charge is 0.262 e. The van der Waals surface area contributed by atoms with E-state index in [0.29, 0.717) is 22.9 Å². The Balaban J connectivity index is 1.52. The summed E-state index contributed by atoms with van der Waals surface area (Å²) in [6.45, 7) is 3.81. The number of methoxy groups -OCH3 is 2. The third kappa shape index (κ3) is 5.18. The van der Waals surface area contributed by atoms with Crippen LogP contribution < -0.4 is 19.1 Å². The van der Waals surface area contributed by atoms with Crippen molar-refractivity contribution in [2.75, 3.05) is 57.1 Å². The molecule has 1 saturated heterocycles. The van der Waals surface area contributed by atoms with E-state index >= 15 is 0 Å². The largest absolute Gasteiger partial charge is 0.493 e. The van der Waals surface area contributed by atoms with Gasteiger partial charge in [-0.05, 0) is 43.4 Å². The number of aromatic nitrogens is 2. The minimum atomic E-state index is -3.83. The minimum Gasteiger partial charge on any atom is -0.493 e. The van der Waals surface area contributed by atoms with E-state index in [1.54, 1.807) is 24.3 Å². The van der Waals surface area contributed by atoms with E-state index in [1.807, 2.05) is 18.2 Å². The Labute approximate surface area is 194 Å². The molecule has 1 aliphatic rings. The van der Waals surface area contributed by atoms with Crippen LogP contribution in [0, 0.1) is 0 Å². The first-order chi connectivity index (χ1) is 15.9. The summed E-state index contributed by atoms with van der Waals surface area (Å²) in [4.78, 5) is 4.57. The second kappa shape index (κ2) is 9.63. The monoisotopic (exact) mass is 469 g/mol. The number of likely N-dealkylation sites (N-methyl/N-ethyl adjacent to an activating group) is 1. The van der Waals surface area contributed by atoms with Gasteiger partial charge in [0.25, 0.3) is 10.0 Å². The Kier molecular flexibility index (Phi) is 6.66. The molecule has 1 aromatic heterocycles. The number of benzene rings is 2. The SMILES string of the molecule is COc1ccc(S(=O)(=O)Nc2cccc(-c3ccc(N4CCN(C)CC4)nn3)c2)cc1OC. The van der Waals surface area contributed by atoms with Crippen LogP contribution in [-0.2, 0) is 10.0 Å². The van der Waals surface area contributed by atoms with Gasteiger partial charge in [0.05, 0.1) is 24.8 Å². The van der Waals surface area contributed by atoms with E-state index < -0.39 is 10.0 Å². The van der Waals surface area contributed by atoms with Crippen LogP contribution in [0.4, 0.5) is 11.5 Å². The van der Waals surface area contributed by atoms with E-state index in [9.17, 15) is 8.42 Å². The van der Waals surface area contributed by atoms with Crippen molar-refractivity contribution in [1.29, 1.82) is 0 Å². The topological polar surface area (TPSA) is 96.9 Å². The fourth-order valence-electron chi connectivity index (χ4n) is 3.62. The quantitative estimate of drug-likeness (QED) is 0.564. The van der Waals surface area contributed by atoms with Crippen LogP contribution in [0.15, 0.2) is 59.5 Å². The van der Waals surface area contributed by atoms with Crippen LogP contribution in [0.25, 0.3) is 11.3 Å². The summed E-state index contributed by atoms with van der Waals surface area (Å²) in [5.41, 5.74) is 1.85. The van der Waals surface area contributed by atoms with Gasteiger partial charge in [-0.15, -0.1) is 10.2 Å². The van der Waals surface area contributed by atoms with Gasteiger partial charge >= 0.3 is 0 Å². The van der Waals surface area contributed by atoms with Gasteiger partial charge in [-0.2, -0.15) is 0 Å². The van der Waals surface area contributed by atoms with Crippen molar-refractivity contribution in [2.45, 2.75) is 4.90 Å². The molecule has 174 valence electrons. The second-order valence-electron chi connectivity index (χ2n) is 7.77. The summed E-state index contributed by atoms with van der Waals surface area (Å²) in [5, 5.41) is 8.75. The highest BCUT2D eigenvalue weighted by Gasteiger charge is 2.18. The lowest BCUT2D eigenvalue weighted by atomic mass is 10.1. The summed E-state index contributed by atoms with van der Waals surface area (Å²) < 4.78 is 38.8. The van der Waals surface area contributed by atoms with Crippen molar-refractivity contribution in [3.63, 3.8) is 0 Å². The molecule has 0 aliphatic carbocycles. The lowest BCUT2D eigenvalue weighted by molar-refractivity contribution is 0.312. The first kappa shape index (κ1) is 22.8. The Morgan fingerprint density at radius 1 is 0.879 bits per heavy atom. The molecule has 4 rings (SSSR count). The van der Waals surface area contributed by atoms with Gasteiger partial charge < -0.3 is 19.3 Å². The molecule has 1 fully saturated rings. The summed E-state index contributed by atoms with van der Waals surface area (Å²) >= 11 is 0. The molecule has 10 heteroatoms. The number of ether oxygens (including phenoxy) is 2. The Morgan fingerprint density at radius 2 is 1.64 bits per heavy atom. The van der Waals surface area contributed by atoms with Crippen LogP contribution in [0.5, 0.6) is 11.5 Å². The number of anilines is 2. The van der Waals surface area contributed by atoms with Crippen molar-refractivity contribution in [2.24, 2.45) is 0 Å². The third-order valence-corrected chi connectivity index (χ3v) is 6.93. The number of piperazine rings is 1. The van der Waals surface area contributed by atoms with E-state index in [4.69, 9.17) is 9.47 Å². The molecular formula is C23H27N5O4S. The summed E-state index contributed by atoms with van der Waals surface area (Å²) in [5.74, 6) is 1.64. The van der Waals surface area contributed by atoms with Gasteiger partial charge in [0.2, 0.25) is 0 Å². The number of rotatable bonds is 7. The van der Waals surface area contributed by atoms with E-state index in [2.05, 4.69) is 31.8 Å². The zero-order valence-electron chi connectivity index (χ0n) is 18.9. The van der Waals surface area contributed by atoms with Gasteiger partial charge in [0.15, 0.2) is 17.3 Å². The van der Waals surface area contributed by atoms with Crippen molar-refractivity contribution in [3.8, 4) is 22.8 Å². The Bertz CT molecular complexity index is 1210. The van der Waals surface area contributed by atoms with Crippen LogP contribution in [0.3, 0.4) is 0 Å². The molecule has 3 aromatic rings. The fourth-order valence-corrected chi connectivity index (χ4v) is 4.69. The first-order valence-corrected chi connectivity index (χ1v) is 12.0. The standard InChI is InChI=1S/C23H27N5O4S/c1-27-11-13-28(14-12-27)23-10-8-20(24-25-23)17-5-4-6-18(15-17)26-33(29,30)19-7-9-21(31-2)22(16-19)32-3/h4-10,15-16,26H,11-14H2,1-3H3. The lowest BCUT2D eigenvalue weighted by Crippen LogP contribution is -2.44. The van der Waals surface area contributed by atoms with Crippen molar-refractivity contribution >= 4 is 21.5 Å². The number of hydrogen-bond donors (Lipinski definition) is 1. The molecule has 2 heterocycles. The molecule has 0 radical (unpaired) electrons. The average Bonchev–Trinajstić information content (AvgIpc) is 2.84. The number of nitrogens with zero attached hydrogens (tertiary/aromatic N) is 4. The molecule has 1 aliphatic heterocycles. The van der Waals surface area contributed by atoms with E-state index in [-0.39, 0.29) is 4.90 Å². The van der Waals surface area contributed by atoms with E-state index in [0.717, 1.165) is 37.6 Å². The van der Waals surface area contributed by atoms with Crippen LogP contribution in [0.1, 0.15) is 0 Å². The van der Waals surface area contributed by atoms with Gasteiger partial charge in [0.1, 0.15) is 0 Å². The predicted octanol–water partition coefficient (Wildman–Crippen LogP) is 2.71. The normalized spacial score (nSPS) is 14.7. The van der Waals surface area contributed by atoms with Crippen molar-refractivity contribution in [3.05, 3.63) is 54.6 Å². The molecule has 2 aromatic carbocycles. The molecule has 0 atom stereocenters. The summed E-state index contributed by atoms with van der Waals surface area (Å²) in [7, 11) is 1.24. The third-order valence-electron chi connectivity index (χ3n) is 5.55. The van der Waals surface area contributed by atoms with Crippen molar-refractivity contribution < 1.29 is 17.9 Å². The predicted molar refractivity (Wildman–Crippen MR) is 128 cm³/mol. The highest BCUT2D eigenvalue weighted by Crippen LogP contribution is 2.30. The van der Waals surface area contributed by atoms with Gasteiger partial charge in [-0.25, -0.2) is 8.42 Å². The zero-order chi connectivity index (χ0) is 23.4. The molecule has 0 unspecified atom stereocenters. The second-order valence-corrected chi connectivity index (χ2v) is 9.45. The minimum absolute atomic E-state index is 0.0712. The highest BCUT2D eigenvalue weighted by atomic mass is 32.2. The van der Waals surface area contributed by atoms with Gasteiger partial charge in [-0.3, -0.25) is 4.72 Å². The number of hydrogen-bond acceptors (Lipinski definition) is 8. The van der Waals surface area contributed by atoms with Gasteiger partial charge in [0, 0.05) is 43.5 Å². The Hall–Kier alpha value is -3.37. The fraction of sp³-hybridized carbons (Fsp3) is 0.304. The maximum Gasteiger partial charge on any atom is 0.262 e. The molecule has 0 bridgehead atoms. The summed E-state index contributed by atoms with van der Waals surface area (Å²) in [6.07, 6.45) is 0. The zero-order valence-corrected chi connectivity index (χ0v) is 19.7. The lowest BCUT2D eigenvalue weighted by Gasteiger charge is -2.32. The van der Waals surface area contributed by atoms with Crippen LogP contribution in [0.2, 0.25) is 0 Å². The molecule has 0 saturated carbocycles. The molecule has 1 N–H and O–H groups in total. The average molecular weight is 470 g/mol. The van der Waals surface area contributed by atoms with Gasteiger partial charge in [-0.1, -0.05) is 12.1 Å². The van der Waals surface area contributed by atoms with Crippen molar-refractivity contribution in [1.82, 2.24) is 15.1 Å². The first-order valence-electron chi connectivity index (χ1n) is 10.5. The number of sulfonamides is 1. The maximum atomic E-state index is 12.9. The molecule has 0 spiro atoms. The Morgan fingerprint density at radius 3 is 2.30 bits per heavy atom. The highest BCUT2D eigenvalue weighted by molar-refractivity contribution is 7.92. The summed E-state index contributed by atoms with van der Waals surface area (Å²) in [6, 6.07) is 15.4. The van der Waals surface area contributed by atoms with Crippen LogP contribution in [-0.4, -0.2) is 71.0 Å². The van der Waals surface area contributed by atoms with Crippen LogP contribution >= 0.6 is 0 Å². The molecule has 9 nitrogen and oxygen atoms in total. The molecular weight excluding hydrogens is 442 g/mol. The van der Waals surface area contributed by atoms with E-state index in [1.165, 1.54) is 26.4 Å². The number of nitrogens with one attached hydrogen (secondary N) is 1.